The number of aryl methyl sites for hydroxylation is 2. The molecule has 0 aliphatic carbocycles. The molecule has 1 N–H and O–H groups in total. The Hall–Kier alpha value is -1.82. The molecule has 0 aromatic heterocycles. The van der Waals surface area contributed by atoms with Crippen molar-refractivity contribution in [2.24, 2.45) is 0 Å². The number of hydrogen-bond donors (Lipinski definition) is 1. The third kappa shape index (κ3) is 3.50. The van der Waals surface area contributed by atoms with Gasteiger partial charge in [0.05, 0.1) is 10.5 Å². The molecule has 1 saturated heterocycles. The van der Waals surface area contributed by atoms with E-state index in [1.54, 1.807) is 13.8 Å². The van der Waals surface area contributed by atoms with Gasteiger partial charge in [-0.15, -0.1) is 11.8 Å². The first-order valence-electron chi connectivity index (χ1n) is 7.17. The van der Waals surface area contributed by atoms with E-state index in [2.05, 4.69) is 5.32 Å². The highest BCUT2D eigenvalue weighted by atomic mass is 32.2. The lowest BCUT2D eigenvalue weighted by atomic mass is 10.1. The van der Waals surface area contributed by atoms with Crippen molar-refractivity contribution in [3.63, 3.8) is 0 Å². The number of nitrogens with zero attached hydrogens (tertiary/aromatic N) is 1. The summed E-state index contributed by atoms with van der Waals surface area (Å²) >= 11 is 1.32. The minimum absolute atomic E-state index is 0.236. The number of rotatable bonds is 3. The number of anilines is 1. The molecule has 0 saturated carbocycles. The van der Waals surface area contributed by atoms with Crippen LogP contribution in [0.5, 0.6) is 0 Å². The molecule has 6 heteroatoms. The fourth-order valence-corrected chi connectivity index (χ4v) is 3.43. The van der Waals surface area contributed by atoms with Crippen molar-refractivity contribution in [1.29, 1.82) is 0 Å². The Balaban J connectivity index is 2.09. The molecule has 1 aromatic carbocycles. The maximum absolute atomic E-state index is 12.2. The summed E-state index contributed by atoms with van der Waals surface area (Å²) in [6.07, 6.45) is 0. The van der Waals surface area contributed by atoms with E-state index in [4.69, 9.17) is 0 Å². The number of carbonyl (C=O) groups excluding carboxylic acids is 3. The number of benzene rings is 1. The molecule has 22 heavy (non-hydrogen) atoms. The van der Waals surface area contributed by atoms with E-state index >= 15 is 0 Å². The minimum Gasteiger partial charge on any atom is -0.324 e. The van der Waals surface area contributed by atoms with Gasteiger partial charge in [0.25, 0.3) is 0 Å². The van der Waals surface area contributed by atoms with Crippen molar-refractivity contribution in [2.45, 2.75) is 38.2 Å². The van der Waals surface area contributed by atoms with Crippen LogP contribution in [0.15, 0.2) is 18.2 Å². The highest BCUT2D eigenvalue weighted by molar-refractivity contribution is 8.02. The van der Waals surface area contributed by atoms with Gasteiger partial charge in [-0.2, -0.15) is 0 Å². The molecule has 0 bridgehead atoms. The Morgan fingerprint density at radius 3 is 2.36 bits per heavy atom. The zero-order chi connectivity index (χ0) is 16.4. The Bertz CT molecular complexity index is 610. The van der Waals surface area contributed by atoms with Gasteiger partial charge in [-0.05, 0) is 44.9 Å². The third-order valence-corrected chi connectivity index (χ3v) is 4.82. The fraction of sp³-hybridized carbons (Fsp3) is 0.438. The maximum atomic E-state index is 12.2. The summed E-state index contributed by atoms with van der Waals surface area (Å²) in [6.45, 7) is 7.11. The first-order chi connectivity index (χ1) is 10.3. The van der Waals surface area contributed by atoms with Gasteiger partial charge in [0.2, 0.25) is 17.7 Å². The molecule has 118 valence electrons. The fourth-order valence-electron chi connectivity index (χ4n) is 2.33. The number of imide groups is 1. The molecular weight excluding hydrogens is 300 g/mol. The van der Waals surface area contributed by atoms with E-state index in [1.807, 2.05) is 32.0 Å². The summed E-state index contributed by atoms with van der Waals surface area (Å²) in [5.74, 6) is -0.963. The van der Waals surface area contributed by atoms with Gasteiger partial charge in [-0.25, -0.2) is 0 Å². The van der Waals surface area contributed by atoms with Crippen LogP contribution in [0.1, 0.15) is 25.0 Å². The molecule has 3 amide bonds. The van der Waals surface area contributed by atoms with Gasteiger partial charge in [-0.1, -0.05) is 12.1 Å². The van der Waals surface area contributed by atoms with Crippen LogP contribution in [0.3, 0.4) is 0 Å². The van der Waals surface area contributed by atoms with E-state index in [0.29, 0.717) is 5.69 Å². The number of amides is 3. The summed E-state index contributed by atoms with van der Waals surface area (Å²) in [7, 11) is 0. The second-order valence-electron chi connectivity index (χ2n) is 5.55. The third-order valence-electron chi connectivity index (χ3n) is 3.60. The highest BCUT2D eigenvalue weighted by Crippen LogP contribution is 2.27. The number of hydrogen-bond acceptors (Lipinski definition) is 4. The molecule has 0 spiro atoms. The van der Waals surface area contributed by atoms with E-state index in [0.717, 1.165) is 16.0 Å². The first kappa shape index (κ1) is 16.5. The largest absolute Gasteiger partial charge is 0.324 e. The molecule has 2 unspecified atom stereocenters. The summed E-state index contributed by atoms with van der Waals surface area (Å²) in [6, 6.07) is 5.75. The quantitative estimate of drug-likeness (QED) is 0.866. The van der Waals surface area contributed by atoms with Gasteiger partial charge in [0.1, 0.15) is 6.54 Å². The van der Waals surface area contributed by atoms with E-state index in [9.17, 15) is 14.4 Å². The molecule has 1 aromatic rings. The maximum Gasteiger partial charge on any atom is 0.244 e. The topological polar surface area (TPSA) is 66.5 Å². The van der Waals surface area contributed by atoms with Crippen molar-refractivity contribution in [1.82, 2.24) is 4.90 Å². The van der Waals surface area contributed by atoms with Crippen LogP contribution in [-0.4, -0.2) is 39.7 Å². The second kappa shape index (κ2) is 6.52. The predicted octanol–water partition coefficient (Wildman–Crippen LogP) is 2.12. The molecule has 1 fully saturated rings. The van der Waals surface area contributed by atoms with E-state index in [1.165, 1.54) is 11.8 Å². The monoisotopic (exact) mass is 320 g/mol. The lowest BCUT2D eigenvalue weighted by molar-refractivity contribution is -0.147. The van der Waals surface area contributed by atoms with E-state index < -0.39 is 0 Å². The normalized spacial score (nSPS) is 21.9. The Kier molecular flexibility index (Phi) is 4.90. The molecular formula is C16H20N2O3S. The van der Waals surface area contributed by atoms with Crippen LogP contribution >= 0.6 is 11.8 Å². The number of nitrogens with one attached hydrogen (secondary N) is 1. The minimum atomic E-state index is -0.360. The summed E-state index contributed by atoms with van der Waals surface area (Å²) in [5, 5.41) is 2.17. The van der Waals surface area contributed by atoms with Crippen LogP contribution in [0.2, 0.25) is 0 Å². The van der Waals surface area contributed by atoms with Crippen molar-refractivity contribution in [3.05, 3.63) is 29.3 Å². The SMILES string of the molecule is Cc1ccc(C)c(NC(=O)CN2C(=O)C(C)SC(C)C2=O)c1. The molecule has 2 rings (SSSR count). The van der Waals surface area contributed by atoms with Crippen LogP contribution < -0.4 is 5.32 Å². The molecule has 5 nitrogen and oxygen atoms in total. The number of thioether (sulfide) groups is 1. The molecule has 1 aliphatic heterocycles. The number of carbonyl (C=O) groups is 3. The summed E-state index contributed by atoms with van der Waals surface area (Å²) < 4.78 is 0. The van der Waals surface area contributed by atoms with Gasteiger partial charge in [0, 0.05) is 5.69 Å². The summed E-state index contributed by atoms with van der Waals surface area (Å²) in [4.78, 5) is 37.4. The van der Waals surface area contributed by atoms with Gasteiger partial charge in [-0.3, -0.25) is 19.3 Å². The van der Waals surface area contributed by atoms with Crippen molar-refractivity contribution < 1.29 is 14.4 Å². The first-order valence-corrected chi connectivity index (χ1v) is 8.11. The predicted molar refractivity (Wildman–Crippen MR) is 87.8 cm³/mol. The van der Waals surface area contributed by atoms with Gasteiger partial charge < -0.3 is 5.32 Å². The lowest BCUT2D eigenvalue weighted by Gasteiger charge is -2.31. The zero-order valence-corrected chi connectivity index (χ0v) is 14.0. The Labute approximate surface area is 134 Å². The zero-order valence-electron chi connectivity index (χ0n) is 13.2. The van der Waals surface area contributed by atoms with Gasteiger partial charge in [0.15, 0.2) is 0 Å². The molecule has 0 radical (unpaired) electrons. The highest BCUT2D eigenvalue weighted by Gasteiger charge is 2.38. The molecule has 2 atom stereocenters. The van der Waals surface area contributed by atoms with Crippen LogP contribution in [-0.2, 0) is 14.4 Å². The van der Waals surface area contributed by atoms with Crippen LogP contribution in [0.4, 0.5) is 5.69 Å². The second-order valence-corrected chi connectivity index (χ2v) is 7.24. The smallest absolute Gasteiger partial charge is 0.244 e. The summed E-state index contributed by atoms with van der Waals surface area (Å²) in [5.41, 5.74) is 2.68. The van der Waals surface area contributed by atoms with E-state index in [-0.39, 0.29) is 34.8 Å². The van der Waals surface area contributed by atoms with Crippen LogP contribution in [0.25, 0.3) is 0 Å². The van der Waals surface area contributed by atoms with Crippen molar-refractivity contribution in [3.8, 4) is 0 Å². The van der Waals surface area contributed by atoms with Crippen molar-refractivity contribution in [2.75, 3.05) is 11.9 Å². The van der Waals surface area contributed by atoms with Gasteiger partial charge >= 0.3 is 0 Å². The standard InChI is InChI=1S/C16H20N2O3S/c1-9-5-6-10(2)13(7-9)17-14(19)8-18-15(20)11(3)22-12(4)16(18)21/h5-7,11-12H,8H2,1-4H3,(H,17,19). The van der Waals surface area contributed by atoms with Crippen LogP contribution in [0, 0.1) is 13.8 Å². The Morgan fingerprint density at radius 1 is 1.18 bits per heavy atom. The molecule has 1 aliphatic rings. The Morgan fingerprint density at radius 2 is 1.77 bits per heavy atom. The average Bonchev–Trinajstić information content (AvgIpc) is 2.45. The lowest BCUT2D eigenvalue weighted by Crippen LogP contribution is -2.52. The molecule has 1 heterocycles. The average molecular weight is 320 g/mol. The van der Waals surface area contributed by atoms with Crippen molar-refractivity contribution >= 4 is 35.2 Å².